The van der Waals surface area contributed by atoms with E-state index in [9.17, 15) is 22.7 Å². The molecule has 1 aliphatic heterocycles. The van der Waals surface area contributed by atoms with E-state index in [1.54, 1.807) is 0 Å². The third-order valence-corrected chi connectivity index (χ3v) is 5.14. The number of carboxylic acid groups (broad SMARTS) is 1. The van der Waals surface area contributed by atoms with Crippen LogP contribution < -0.4 is 4.72 Å². The van der Waals surface area contributed by atoms with Crippen LogP contribution in [0.2, 0.25) is 0 Å². The Balaban J connectivity index is 1.96. The van der Waals surface area contributed by atoms with Crippen LogP contribution in [0.1, 0.15) is 5.56 Å². The zero-order chi connectivity index (χ0) is 16.9. The number of halogens is 1. The number of nitrogens with zero attached hydrogens (tertiary/aromatic N) is 1. The highest BCUT2D eigenvalue weighted by atomic mass is 32.2. The lowest BCUT2D eigenvalue weighted by Gasteiger charge is -2.26. The van der Waals surface area contributed by atoms with E-state index in [0.29, 0.717) is 18.8 Å². The Morgan fingerprint density at radius 2 is 1.91 bits per heavy atom. The predicted molar refractivity (Wildman–Crippen MR) is 80.5 cm³/mol. The van der Waals surface area contributed by atoms with Gasteiger partial charge in [0.1, 0.15) is 5.82 Å². The Morgan fingerprint density at radius 3 is 2.48 bits per heavy atom. The quantitative estimate of drug-likeness (QED) is 0.737. The van der Waals surface area contributed by atoms with E-state index < -0.39 is 27.9 Å². The number of nitrogens with one attached hydrogen (secondary N) is 1. The van der Waals surface area contributed by atoms with Crippen LogP contribution in [0.3, 0.4) is 0 Å². The van der Waals surface area contributed by atoms with Gasteiger partial charge in [-0.25, -0.2) is 9.11 Å². The van der Waals surface area contributed by atoms with Gasteiger partial charge in [0.15, 0.2) is 0 Å². The van der Waals surface area contributed by atoms with Crippen LogP contribution in [0.25, 0.3) is 0 Å². The number of aliphatic carboxylic acids is 1. The lowest BCUT2D eigenvalue weighted by atomic mass is 10.00. The van der Waals surface area contributed by atoms with Crippen molar-refractivity contribution in [3.63, 3.8) is 0 Å². The summed E-state index contributed by atoms with van der Waals surface area (Å²) in [6, 6.07) is 5.46. The Hall–Kier alpha value is -1.55. The molecule has 2 rings (SSSR count). The first kappa shape index (κ1) is 17.8. The second-order valence-electron chi connectivity index (χ2n) is 5.23. The molecule has 0 amide bonds. The van der Waals surface area contributed by atoms with Gasteiger partial charge in [0, 0.05) is 19.6 Å². The summed E-state index contributed by atoms with van der Waals surface area (Å²) in [5.74, 6) is -2.45. The number of carbonyl (C=O) groups is 1. The zero-order valence-corrected chi connectivity index (χ0v) is 13.3. The van der Waals surface area contributed by atoms with Gasteiger partial charge in [-0.15, -0.1) is 0 Å². The minimum atomic E-state index is -3.73. The molecule has 0 spiro atoms. The van der Waals surface area contributed by atoms with Crippen molar-refractivity contribution in [2.45, 2.75) is 6.42 Å². The number of morpholine rings is 1. The number of carboxylic acids is 1. The fraction of sp³-hybridized carbons (Fsp3) is 0.500. The molecule has 1 unspecified atom stereocenters. The smallest absolute Gasteiger partial charge is 0.308 e. The van der Waals surface area contributed by atoms with Crippen LogP contribution in [0.5, 0.6) is 0 Å². The standard InChI is InChI=1S/C14H19FN2O5S/c15-13-3-1-11(2-4-13)9-12(14(18)19)10-16-23(20,21)17-5-7-22-8-6-17/h1-4,12,16H,5-10H2,(H,18,19). The SMILES string of the molecule is O=C(O)C(CNS(=O)(=O)N1CCOCC1)Cc1ccc(F)cc1. The molecule has 1 saturated heterocycles. The molecular formula is C14H19FN2O5S. The van der Waals surface area contributed by atoms with Crippen molar-refractivity contribution in [2.75, 3.05) is 32.8 Å². The number of benzene rings is 1. The molecule has 0 radical (unpaired) electrons. The average molecular weight is 346 g/mol. The molecular weight excluding hydrogens is 327 g/mol. The van der Waals surface area contributed by atoms with Gasteiger partial charge >= 0.3 is 5.97 Å². The molecule has 1 heterocycles. The summed E-state index contributed by atoms with van der Waals surface area (Å²) in [6.45, 7) is 0.889. The minimum absolute atomic E-state index is 0.112. The molecule has 128 valence electrons. The maximum Gasteiger partial charge on any atom is 0.308 e. The summed E-state index contributed by atoms with van der Waals surface area (Å²) < 4.78 is 45.8. The van der Waals surface area contributed by atoms with E-state index in [0.717, 1.165) is 0 Å². The Bertz CT molecular complexity index is 629. The second kappa shape index (κ2) is 7.82. The topological polar surface area (TPSA) is 95.9 Å². The summed E-state index contributed by atoms with van der Waals surface area (Å²) in [4.78, 5) is 11.3. The van der Waals surface area contributed by atoms with Crippen molar-refractivity contribution in [2.24, 2.45) is 5.92 Å². The molecule has 1 atom stereocenters. The van der Waals surface area contributed by atoms with E-state index in [4.69, 9.17) is 4.74 Å². The molecule has 9 heteroatoms. The third kappa shape index (κ3) is 5.24. The molecule has 7 nitrogen and oxygen atoms in total. The van der Waals surface area contributed by atoms with E-state index in [2.05, 4.69) is 4.72 Å². The van der Waals surface area contributed by atoms with Gasteiger partial charge in [-0.05, 0) is 24.1 Å². The van der Waals surface area contributed by atoms with Crippen molar-refractivity contribution >= 4 is 16.2 Å². The molecule has 1 aliphatic rings. The Labute approximate surface area is 134 Å². The summed E-state index contributed by atoms with van der Waals surface area (Å²) in [5, 5.41) is 9.25. The number of hydrogen-bond donors (Lipinski definition) is 2. The van der Waals surface area contributed by atoms with Gasteiger partial charge in [-0.2, -0.15) is 12.7 Å². The Kier molecular flexibility index (Phi) is 6.05. The van der Waals surface area contributed by atoms with E-state index in [1.807, 2.05) is 0 Å². The average Bonchev–Trinajstić information content (AvgIpc) is 2.54. The lowest BCUT2D eigenvalue weighted by Crippen LogP contribution is -2.48. The predicted octanol–water partition coefficient (Wildman–Crippen LogP) is 0.236. The first-order chi connectivity index (χ1) is 10.9. The molecule has 0 aromatic heterocycles. The van der Waals surface area contributed by atoms with E-state index >= 15 is 0 Å². The molecule has 0 saturated carbocycles. The largest absolute Gasteiger partial charge is 0.481 e. The lowest BCUT2D eigenvalue weighted by molar-refractivity contribution is -0.141. The van der Waals surface area contributed by atoms with Gasteiger partial charge < -0.3 is 9.84 Å². The number of ether oxygens (including phenoxy) is 1. The summed E-state index contributed by atoms with van der Waals surface area (Å²) in [5.41, 5.74) is 0.629. The zero-order valence-electron chi connectivity index (χ0n) is 12.4. The highest BCUT2D eigenvalue weighted by Gasteiger charge is 2.27. The van der Waals surface area contributed by atoms with Crippen molar-refractivity contribution in [3.8, 4) is 0 Å². The summed E-state index contributed by atoms with van der Waals surface area (Å²) >= 11 is 0. The van der Waals surface area contributed by atoms with Crippen LogP contribution in [0.15, 0.2) is 24.3 Å². The van der Waals surface area contributed by atoms with Crippen molar-refractivity contribution in [1.29, 1.82) is 0 Å². The van der Waals surface area contributed by atoms with Crippen LogP contribution in [-0.4, -0.2) is 56.6 Å². The normalized spacial score (nSPS) is 17.8. The van der Waals surface area contributed by atoms with Crippen LogP contribution in [0.4, 0.5) is 4.39 Å². The van der Waals surface area contributed by atoms with Crippen LogP contribution in [-0.2, 0) is 26.2 Å². The monoisotopic (exact) mass is 346 g/mol. The summed E-state index contributed by atoms with van der Waals surface area (Å²) in [7, 11) is -3.73. The van der Waals surface area contributed by atoms with Crippen LogP contribution in [0, 0.1) is 11.7 Å². The minimum Gasteiger partial charge on any atom is -0.481 e. The number of hydrogen-bond acceptors (Lipinski definition) is 4. The number of rotatable bonds is 7. The Morgan fingerprint density at radius 1 is 1.30 bits per heavy atom. The molecule has 23 heavy (non-hydrogen) atoms. The van der Waals surface area contributed by atoms with Gasteiger partial charge in [0.2, 0.25) is 0 Å². The first-order valence-electron chi connectivity index (χ1n) is 7.18. The van der Waals surface area contributed by atoms with Gasteiger partial charge in [-0.1, -0.05) is 12.1 Å². The molecule has 2 N–H and O–H groups in total. The first-order valence-corrected chi connectivity index (χ1v) is 8.62. The molecule has 1 aromatic carbocycles. The highest BCUT2D eigenvalue weighted by Crippen LogP contribution is 2.11. The fourth-order valence-corrected chi connectivity index (χ4v) is 3.46. The highest BCUT2D eigenvalue weighted by molar-refractivity contribution is 7.87. The van der Waals surface area contributed by atoms with Crippen LogP contribution >= 0.6 is 0 Å². The maximum absolute atomic E-state index is 12.9. The second-order valence-corrected chi connectivity index (χ2v) is 6.99. The van der Waals surface area contributed by atoms with Crippen molar-refractivity contribution < 1.29 is 27.4 Å². The molecule has 0 aliphatic carbocycles. The molecule has 0 bridgehead atoms. The fourth-order valence-electron chi connectivity index (χ4n) is 2.24. The van der Waals surface area contributed by atoms with Crippen molar-refractivity contribution in [3.05, 3.63) is 35.6 Å². The maximum atomic E-state index is 12.9. The molecule has 1 aromatic rings. The molecule has 1 fully saturated rings. The van der Waals surface area contributed by atoms with Crippen molar-refractivity contribution in [1.82, 2.24) is 9.03 Å². The van der Waals surface area contributed by atoms with E-state index in [-0.39, 0.29) is 26.1 Å². The summed E-state index contributed by atoms with van der Waals surface area (Å²) in [6.07, 6.45) is 0.112. The third-order valence-electron chi connectivity index (χ3n) is 3.57. The van der Waals surface area contributed by atoms with Gasteiger partial charge in [0.25, 0.3) is 10.2 Å². The van der Waals surface area contributed by atoms with Gasteiger partial charge in [0.05, 0.1) is 19.1 Å². The van der Waals surface area contributed by atoms with Gasteiger partial charge in [-0.3, -0.25) is 4.79 Å². The van der Waals surface area contributed by atoms with E-state index in [1.165, 1.54) is 28.6 Å².